The van der Waals surface area contributed by atoms with E-state index in [-0.39, 0.29) is 49.3 Å². The molecule has 4 nitrogen and oxygen atoms in total. The van der Waals surface area contributed by atoms with Crippen LogP contribution in [-0.4, -0.2) is 11.8 Å². The van der Waals surface area contributed by atoms with Crippen LogP contribution in [0.5, 0.6) is 0 Å². The van der Waals surface area contributed by atoms with E-state index in [9.17, 15) is 9.59 Å². The topological polar surface area (TPSA) is 49.4 Å². The number of allylic oxidation sites excluding steroid dienone is 1. The molecule has 2 aromatic carbocycles. The Bertz CT molecular complexity index is 878. The van der Waals surface area contributed by atoms with Crippen LogP contribution in [0.1, 0.15) is 57.2 Å². The Morgan fingerprint density at radius 2 is 1.84 bits per heavy atom. The molecule has 1 unspecified atom stereocenters. The Morgan fingerprint density at radius 1 is 1.19 bits per heavy atom. The van der Waals surface area contributed by atoms with Gasteiger partial charge in [-0.3, -0.25) is 15.0 Å². The quantitative estimate of drug-likeness (QED) is 0.305. The number of para-hydroxylation sites is 1. The van der Waals surface area contributed by atoms with Crippen molar-refractivity contribution in [1.29, 1.82) is 0 Å². The fourth-order valence-electron chi connectivity index (χ4n) is 2.88. The van der Waals surface area contributed by atoms with Crippen LogP contribution in [0, 0.1) is 50.0 Å². The van der Waals surface area contributed by atoms with Gasteiger partial charge in [-0.05, 0) is 24.5 Å². The van der Waals surface area contributed by atoms with Gasteiger partial charge < -0.3 is 6.92 Å². The molecule has 168 valence electrons. The van der Waals surface area contributed by atoms with Crippen molar-refractivity contribution >= 4 is 29.7 Å². The van der Waals surface area contributed by atoms with Crippen molar-refractivity contribution < 1.29 is 40.7 Å². The minimum Gasteiger partial charge on any atom is -0.346 e. The van der Waals surface area contributed by atoms with Gasteiger partial charge in [0.05, 0.1) is 5.69 Å². The third-order valence-corrected chi connectivity index (χ3v) is 4.79. The number of nitrogens with one attached hydrogen (secondary N) is 1. The van der Waals surface area contributed by atoms with Crippen molar-refractivity contribution in [3.63, 3.8) is 0 Å². The minimum atomic E-state index is -0.256. The summed E-state index contributed by atoms with van der Waals surface area (Å²) in [5, 5.41) is 1.27. The van der Waals surface area contributed by atoms with Gasteiger partial charge in [0.15, 0.2) is 0 Å². The zero-order valence-corrected chi connectivity index (χ0v) is 23.8. The minimum absolute atomic E-state index is 0. The van der Waals surface area contributed by atoms with Crippen molar-refractivity contribution in [3.05, 3.63) is 84.8 Å². The van der Waals surface area contributed by atoms with Gasteiger partial charge in [-0.1, -0.05) is 45.4 Å². The van der Waals surface area contributed by atoms with E-state index in [1.165, 1.54) is 22.6 Å². The number of benzene rings is 2. The second kappa shape index (κ2) is 16.5. The zero-order valence-electron chi connectivity index (χ0n) is 19.7. The number of carbonyl (C=O) groups is 2. The predicted octanol–water partition coefficient (Wildman–Crippen LogP) is 6.05. The first-order valence-corrected chi connectivity index (χ1v) is 10.7. The van der Waals surface area contributed by atoms with E-state index in [4.69, 9.17) is 0 Å². The van der Waals surface area contributed by atoms with Gasteiger partial charge in [-0.25, -0.2) is 5.01 Å². The number of hydrogen-bond acceptors (Lipinski definition) is 2. The Balaban J connectivity index is 0.000000549. The van der Waals surface area contributed by atoms with Crippen molar-refractivity contribution in [2.75, 3.05) is 5.01 Å². The van der Waals surface area contributed by atoms with Gasteiger partial charge in [-0.2, -0.15) is 6.92 Å². The molecule has 32 heavy (non-hydrogen) atoms. The third kappa shape index (κ3) is 9.19. The average Bonchev–Trinajstić information content (AvgIpc) is 3.17. The number of aryl methyl sites for hydroxylation is 1. The predicted molar refractivity (Wildman–Crippen MR) is 131 cm³/mol. The molecule has 0 aromatic heterocycles. The number of nitrogens with zero attached hydrogens (tertiary/aromatic N) is 1. The molecule has 0 spiro atoms. The second-order valence-electron chi connectivity index (χ2n) is 6.91. The van der Waals surface area contributed by atoms with Crippen molar-refractivity contribution in [1.82, 2.24) is 5.43 Å². The van der Waals surface area contributed by atoms with E-state index in [1.807, 2.05) is 30.3 Å². The molecule has 2 amide bonds. The maximum absolute atomic E-state index is 11.2. The van der Waals surface area contributed by atoms with Gasteiger partial charge in [-0.15, -0.1) is 59.7 Å². The molecule has 0 saturated carbocycles. The zero-order chi connectivity index (χ0) is 23.2. The fraction of sp³-hybridized carbons (Fsp3) is 0.296. The number of carbonyl (C=O) groups excluding carboxylic acids is 2. The van der Waals surface area contributed by atoms with E-state index in [1.54, 1.807) is 19.1 Å². The molecule has 1 aliphatic heterocycles. The summed E-state index contributed by atoms with van der Waals surface area (Å²) < 4.78 is 0. The Kier molecular flexibility index (Phi) is 15.5. The summed E-state index contributed by atoms with van der Waals surface area (Å²) in [4.78, 5) is 22.1. The van der Waals surface area contributed by atoms with E-state index in [0.717, 1.165) is 12.0 Å². The molecular weight excluding hydrogens is 622 g/mol. The van der Waals surface area contributed by atoms with Crippen LogP contribution in [0.3, 0.4) is 0 Å². The molecular formula is C27H34N2O2U. The molecule has 1 fully saturated rings. The second-order valence-corrected chi connectivity index (χ2v) is 6.91. The van der Waals surface area contributed by atoms with E-state index >= 15 is 0 Å². The van der Waals surface area contributed by atoms with Gasteiger partial charge in [0.2, 0.25) is 5.91 Å². The number of rotatable bonds is 6. The normalized spacial score (nSPS) is 13.2. The number of anilines is 1. The summed E-state index contributed by atoms with van der Waals surface area (Å²) in [7, 11) is 0. The van der Waals surface area contributed by atoms with Crippen LogP contribution < -0.4 is 10.4 Å². The molecule has 1 aliphatic rings. The molecule has 3 rings (SSSR count). The van der Waals surface area contributed by atoms with Gasteiger partial charge in [0, 0.05) is 0 Å². The van der Waals surface area contributed by atoms with Gasteiger partial charge in [0.1, 0.15) is 6.42 Å². The summed E-state index contributed by atoms with van der Waals surface area (Å²) in [5.74, 6) is 0.154. The molecule has 5 heteroatoms. The molecule has 0 radical (unpaired) electrons. The molecule has 1 N–H and O–H groups in total. The first-order valence-electron chi connectivity index (χ1n) is 10.7. The van der Waals surface area contributed by atoms with Crippen molar-refractivity contribution in [3.8, 4) is 0 Å². The Labute approximate surface area is 217 Å². The monoisotopic (exact) mass is 656 g/mol. The number of amides is 2. The standard InChI is InChI=1S/C16H21.C9H8N2O2.C2H5.U/c1-5-13(4)11-12-15-10-8-9-14(6-2)16(15)7-3;12-8-6-9(13)11(10-8)7-4-2-1-3-5-7;1-2;/h7-9,11-13H,3,5-6H2,1-2,4H3;1-5H,6H2,(H,10,12);1H2,2H3;/q-1;;-1;+2/b12-11-;;;. The van der Waals surface area contributed by atoms with Crippen LogP contribution in [0.15, 0.2) is 55.1 Å². The number of hydrazine groups is 1. The van der Waals surface area contributed by atoms with Crippen LogP contribution in [0.4, 0.5) is 5.69 Å². The first kappa shape index (κ1) is 29.9. The maximum Gasteiger partial charge on any atom is 2.00 e. The average molecular weight is 657 g/mol. The van der Waals surface area contributed by atoms with Crippen molar-refractivity contribution in [2.24, 2.45) is 5.92 Å². The Morgan fingerprint density at radius 3 is 2.34 bits per heavy atom. The first-order chi connectivity index (χ1) is 15.0. The molecule has 1 heterocycles. The summed E-state index contributed by atoms with van der Waals surface area (Å²) in [5.41, 5.74) is 6.89. The van der Waals surface area contributed by atoms with Crippen LogP contribution in [-0.2, 0) is 16.0 Å². The van der Waals surface area contributed by atoms with E-state index in [0.29, 0.717) is 11.6 Å². The molecule has 2 aromatic rings. The van der Waals surface area contributed by atoms with E-state index < -0.39 is 0 Å². The van der Waals surface area contributed by atoms with Gasteiger partial charge >= 0.3 is 31.1 Å². The summed E-state index contributed by atoms with van der Waals surface area (Å²) in [6.07, 6.45) is 8.51. The molecule has 1 atom stereocenters. The Hall–Kier alpha value is -2.09. The maximum atomic E-state index is 11.2. The summed E-state index contributed by atoms with van der Waals surface area (Å²) in [6, 6.07) is 16.4. The molecule has 0 aliphatic carbocycles. The van der Waals surface area contributed by atoms with Crippen LogP contribution in [0.25, 0.3) is 12.2 Å². The van der Waals surface area contributed by atoms with Crippen LogP contribution >= 0.6 is 0 Å². The van der Waals surface area contributed by atoms with Gasteiger partial charge in [0.25, 0.3) is 5.91 Å². The summed E-state index contributed by atoms with van der Waals surface area (Å²) >= 11 is 0. The largest absolute Gasteiger partial charge is 2.00 e. The molecule has 0 bridgehead atoms. The molecule has 1 saturated heterocycles. The van der Waals surface area contributed by atoms with E-state index in [2.05, 4.69) is 64.0 Å². The smallest absolute Gasteiger partial charge is 0.346 e. The number of hydrogen-bond donors (Lipinski definition) is 1. The third-order valence-electron chi connectivity index (χ3n) is 4.79. The fourth-order valence-corrected chi connectivity index (χ4v) is 2.88. The summed E-state index contributed by atoms with van der Waals surface area (Å²) in [6.45, 7) is 15.5. The van der Waals surface area contributed by atoms with Crippen LogP contribution in [0.2, 0.25) is 0 Å². The SMILES string of the molecule is C=Cc1c(/C=C\C(C)CC)[c-]ccc1CC.O=C1CC(=O)N(c2ccccc2)N1.[CH2-]C.[U+2]. The van der Waals surface area contributed by atoms with Crippen molar-refractivity contribution in [2.45, 2.75) is 47.0 Å².